The molecule has 1 N–H and O–H groups in total. The van der Waals surface area contributed by atoms with E-state index in [2.05, 4.69) is 0 Å². The van der Waals surface area contributed by atoms with Crippen molar-refractivity contribution in [1.82, 2.24) is 0 Å². The number of esters is 1. The molecule has 0 saturated heterocycles. The fourth-order valence-corrected chi connectivity index (χ4v) is 2.08. The van der Waals surface area contributed by atoms with E-state index >= 15 is 0 Å². The standard InChI is InChI=1S/C17H16O5/c1-3-22-17(20)12-6-4-11(5-7-12)14-9-8-13(21-2)10-15(14)16(18)19/h4-10H,3H2,1-2H3,(H,18,19). The topological polar surface area (TPSA) is 72.8 Å². The van der Waals surface area contributed by atoms with Gasteiger partial charge in [-0.15, -0.1) is 0 Å². The molecule has 5 heteroatoms. The summed E-state index contributed by atoms with van der Waals surface area (Å²) in [7, 11) is 1.48. The molecule has 2 aromatic rings. The van der Waals surface area contributed by atoms with Crippen molar-refractivity contribution in [3.8, 4) is 16.9 Å². The summed E-state index contributed by atoms with van der Waals surface area (Å²) in [4.78, 5) is 23.0. The van der Waals surface area contributed by atoms with Crippen LogP contribution in [0.5, 0.6) is 5.75 Å². The number of ether oxygens (including phenoxy) is 2. The first kappa shape index (κ1) is 15.6. The average Bonchev–Trinajstić information content (AvgIpc) is 2.54. The third kappa shape index (κ3) is 3.25. The molecule has 0 fully saturated rings. The summed E-state index contributed by atoms with van der Waals surface area (Å²) in [5.74, 6) is -0.963. The average molecular weight is 300 g/mol. The molecule has 2 rings (SSSR count). The third-order valence-electron chi connectivity index (χ3n) is 3.16. The number of aromatic carboxylic acids is 1. The molecule has 0 bridgehead atoms. The second kappa shape index (κ2) is 6.76. The van der Waals surface area contributed by atoms with Crippen molar-refractivity contribution in [3.05, 3.63) is 53.6 Å². The highest BCUT2D eigenvalue weighted by atomic mass is 16.5. The lowest BCUT2D eigenvalue weighted by molar-refractivity contribution is 0.0525. The zero-order valence-electron chi connectivity index (χ0n) is 12.3. The Morgan fingerprint density at radius 1 is 1.09 bits per heavy atom. The van der Waals surface area contributed by atoms with Gasteiger partial charge in [-0.25, -0.2) is 9.59 Å². The number of hydrogen-bond acceptors (Lipinski definition) is 4. The molecular weight excluding hydrogens is 284 g/mol. The summed E-state index contributed by atoms with van der Waals surface area (Å²) >= 11 is 0. The lowest BCUT2D eigenvalue weighted by Crippen LogP contribution is -2.04. The monoisotopic (exact) mass is 300 g/mol. The molecule has 22 heavy (non-hydrogen) atoms. The maximum Gasteiger partial charge on any atom is 0.338 e. The Kier molecular flexibility index (Phi) is 4.78. The van der Waals surface area contributed by atoms with Crippen LogP contribution in [0.25, 0.3) is 11.1 Å². The van der Waals surface area contributed by atoms with E-state index in [0.717, 1.165) is 0 Å². The van der Waals surface area contributed by atoms with Crippen LogP contribution >= 0.6 is 0 Å². The van der Waals surface area contributed by atoms with E-state index in [4.69, 9.17) is 9.47 Å². The Morgan fingerprint density at radius 3 is 2.32 bits per heavy atom. The number of carbonyl (C=O) groups excluding carboxylic acids is 1. The summed E-state index contributed by atoms with van der Waals surface area (Å²) < 4.78 is 9.96. The van der Waals surface area contributed by atoms with E-state index in [9.17, 15) is 14.7 Å². The van der Waals surface area contributed by atoms with Crippen molar-refractivity contribution in [2.24, 2.45) is 0 Å². The van der Waals surface area contributed by atoms with Crippen LogP contribution in [-0.2, 0) is 4.74 Å². The van der Waals surface area contributed by atoms with Crippen LogP contribution in [0.3, 0.4) is 0 Å². The van der Waals surface area contributed by atoms with E-state index in [0.29, 0.717) is 29.0 Å². The summed E-state index contributed by atoms with van der Waals surface area (Å²) in [5.41, 5.74) is 1.83. The minimum absolute atomic E-state index is 0.142. The van der Waals surface area contributed by atoms with E-state index in [1.165, 1.54) is 13.2 Å². The fraction of sp³-hybridized carbons (Fsp3) is 0.176. The van der Waals surface area contributed by atoms with Crippen molar-refractivity contribution in [2.45, 2.75) is 6.92 Å². The highest BCUT2D eigenvalue weighted by molar-refractivity contribution is 5.97. The van der Waals surface area contributed by atoms with Gasteiger partial charge in [0.15, 0.2) is 0 Å². The number of benzene rings is 2. The first-order valence-electron chi connectivity index (χ1n) is 6.75. The molecule has 0 aliphatic rings. The van der Waals surface area contributed by atoms with Crippen molar-refractivity contribution in [1.29, 1.82) is 0 Å². The lowest BCUT2D eigenvalue weighted by atomic mass is 9.98. The smallest absolute Gasteiger partial charge is 0.338 e. The van der Waals surface area contributed by atoms with Crippen molar-refractivity contribution < 1.29 is 24.2 Å². The highest BCUT2D eigenvalue weighted by Gasteiger charge is 2.14. The van der Waals surface area contributed by atoms with Gasteiger partial charge in [0, 0.05) is 0 Å². The van der Waals surface area contributed by atoms with Crippen LogP contribution in [0.1, 0.15) is 27.6 Å². The van der Waals surface area contributed by atoms with Gasteiger partial charge in [0.05, 0.1) is 24.8 Å². The molecule has 5 nitrogen and oxygen atoms in total. The van der Waals surface area contributed by atoms with Gasteiger partial charge in [0.2, 0.25) is 0 Å². The Labute approximate surface area is 128 Å². The molecule has 0 aromatic heterocycles. The quantitative estimate of drug-likeness (QED) is 0.858. The predicted octanol–water partition coefficient (Wildman–Crippen LogP) is 3.24. The van der Waals surface area contributed by atoms with Crippen molar-refractivity contribution in [2.75, 3.05) is 13.7 Å². The number of carboxylic acids is 1. The number of hydrogen-bond donors (Lipinski definition) is 1. The Hall–Kier alpha value is -2.82. The van der Waals surface area contributed by atoms with E-state index in [1.807, 2.05) is 0 Å². The molecule has 0 unspecified atom stereocenters. The van der Waals surface area contributed by atoms with Crippen LogP contribution in [0, 0.1) is 0 Å². The SMILES string of the molecule is CCOC(=O)c1ccc(-c2ccc(OC)cc2C(=O)O)cc1. The van der Waals surface area contributed by atoms with Gasteiger partial charge in [0.1, 0.15) is 5.75 Å². The molecule has 0 aliphatic heterocycles. The predicted molar refractivity (Wildman–Crippen MR) is 81.3 cm³/mol. The summed E-state index contributed by atoms with van der Waals surface area (Å²) in [6, 6.07) is 11.5. The Bertz CT molecular complexity index is 689. The molecule has 0 atom stereocenters. The first-order valence-corrected chi connectivity index (χ1v) is 6.75. The van der Waals surface area contributed by atoms with Gasteiger partial charge in [0.25, 0.3) is 0 Å². The number of carboxylic acid groups (broad SMARTS) is 1. The van der Waals surface area contributed by atoms with Gasteiger partial charge < -0.3 is 14.6 Å². The maximum absolute atomic E-state index is 11.6. The van der Waals surface area contributed by atoms with E-state index in [1.54, 1.807) is 43.3 Å². The molecular formula is C17H16O5. The van der Waals surface area contributed by atoms with Crippen LogP contribution in [0.15, 0.2) is 42.5 Å². The number of methoxy groups -OCH3 is 1. The number of carbonyl (C=O) groups is 2. The molecule has 114 valence electrons. The summed E-state index contributed by atoms with van der Waals surface area (Å²) in [6.45, 7) is 2.05. The Morgan fingerprint density at radius 2 is 1.77 bits per heavy atom. The summed E-state index contributed by atoms with van der Waals surface area (Å²) in [6.07, 6.45) is 0. The number of rotatable bonds is 5. The second-order valence-electron chi connectivity index (χ2n) is 4.51. The zero-order valence-corrected chi connectivity index (χ0v) is 12.3. The molecule has 0 radical (unpaired) electrons. The lowest BCUT2D eigenvalue weighted by Gasteiger charge is -2.09. The summed E-state index contributed by atoms with van der Waals surface area (Å²) in [5, 5.41) is 9.33. The second-order valence-corrected chi connectivity index (χ2v) is 4.51. The Balaban J connectivity index is 2.40. The van der Waals surface area contributed by atoms with Crippen LogP contribution in [0.2, 0.25) is 0 Å². The fourth-order valence-electron chi connectivity index (χ4n) is 2.08. The van der Waals surface area contributed by atoms with Crippen LogP contribution in [0.4, 0.5) is 0 Å². The van der Waals surface area contributed by atoms with Crippen molar-refractivity contribution >= 4 is 11.9 Å². The normalized spacial score (nSPS) is 10.1. The molecule has 0 amide bonds. The van der Waals surface area contributed by atoms with Gasteiger partial charge in [-0.05, 0) is 48.4 Å². The largest absolute Gasteiger partial charge is 0.497 e. The third-order valence-corrected chi connectivity index (χ3v) is 3.16. The highest BCUT2D eigenvalue weighted by Crippen LogP contribution is 2.28. The molecule has 0 heterocycles. The maximum atomic E-state index is 11.6. The molecule has 0 aliphatic carbocycles. The first-order chi connectivity index (χ1) is 10.6. The van der Waals surface area contributed by atoms with Gasteiger partial charge >= 0.3 is 11.9 Å². The molecule has 2 aromatic carbocycles. The minimum atomic E-state index is -1.04. The van der Waals surface area contributed by atoms with E-state index in [-0.39, 0.29) is 5.56 Å². The van der Waals surface area contributed by atoms with Crippen LogP contribution < -0.4 is 4.74 Å². The molecule has 0 spiro atoms. The van der Waals surface area contributed by atoms with Gasteiger partial charge in [-0.1, -0.05) is 12.1 Å². The van der Waals surface area contributed by atoms with Crippen molar-refractivity contribution in [3.63, 3.8) is 0 Å². The van der Waals surface area contributed by atoms with E-state index < -0.39 is 11.9 Å². The zero-order chi connectivity index (χ0) is 16.1. The minimum Gasteiger partial charge on any atom is -0.497 e. The molecule has 0 saturated carbocycles. The van der Waals surface area contributed by atoms with Crippen LogP contribution in [-0.4, -0.2) is 30.8 Å². The van der Waals surface area contributed by atoms with Gasteiger partial charge in [-0.3, -0.25) is 0 Å². The van der Waals surface area contributed by atoms with Gasteiger partial charge in [-0.2, -0.15) is 0 Å².